The second-order valence-corrected chi connectivity index (χ2v) is 7.06. The number of hydrogen-bond acceptors (Lipinski definition) is 5. The van der Waals surface area contributed by atoms with E-state index in [-0.39, 0.29) is 0 Å². The van der Waals surface area contributed by atoms with Gasteiger partial charge in [0.2, 0.25) is 0 Å². The Morgan fingerprint density at radius 2 is 1.87 bits per heavy atom. The molecular formula is C24H20N4O2. The van der Waals surface area contributed by atoms with Gasteiger partial charge in [0.15, 0.2) is 11.5 Å². The fraction of sp³-hybridized carbons (Fsp3) is 0.125. The summed E-state index contributed by atoms with van der Waals surface area (Å²) < 4.78 is 13.4. The van der Waals surface area contributed by atoms with Gasteiger partial charge < -0.3 is 9.47 Å². The van der Waals surface area contributed by atoms with E-state index in [1.165, 1.54) is 11.1 Å². The van der Waals surface area contributed by atoms with Gasteiger partial charge in [-0.2, -0.15) is 0 Å². The van der Waals surface area contributed by atoms with Gasteiger partial charge in [-0.3, -0.25) is 9.38 Å². The number of nitrogens with zero attached hydrogens (tertiary/aromatic N) is 4. The summed E-state index contributed by atoms with van der Waals surface area (Å²) in [6.45, 7) is 2.41. The van der Waals surface area contributed by atoms with Gasteiger partial charge in [0.25, 0.3) is 0 Å². The molecule has 6 nitrogen and oxygen atoms in total. The van der Waals surface area contributed by atoms with Gasteiger partial charge >= 0.3 is 0 Å². The summed E-state index contributed by atoms with van der Waals surface area (Å²) in [6.07, 6.45) is 3.79. The topological polar surface area (TPSA) is 61.5 Å². The van der Waals surface area contributed by atoms with Gasteiger partial charge in [0.05, 0.1) is 12.6 Å². The van der Waals surface area contributed by atoms with E-state index in [0.717, 1.165) is 39.4 Å². The molecule has 0 saturated carbocycles. The van der Waals surface area contributed by atoms with Crippen LogP contribution in [-0.2, 0) is 6.61 Å². The van der Waals surface area contributed by atoms with Crippen molar-refractivity contribution < 1.29 is 9.47 Å². The number of methoxy groups -OCH3 is 1. The van der Waals surface area contributed by atoms with E-state index in [4.69, 9.17) is 9.47 Å². The number of hydrogen-bond donors (Lipinski definition) is 0. The normalized spacial score (nSPS) is 11.1. The smallest absolute Gasteiger partial charge is 0.175 e. The van der Waals surface area contributed by atoms with Crippen LogP contribution in [0.1, 0.15) is 11.4 Å². The highest BCUT2D eigenvalue weighted by Gasteiger charge is 2.11. The zero-order valence-electron chi connectivity index (χ0n) is 16.7. The molecule has 0 spiro atoms. The number of aryl methyl sites for hydroxylation is 1. The summed E-state index contributed by atoms with van der Waals surface area (Å²) in [4.78, 5) is 4.41. The monoisotopic (exact) mass is 396 g/mol. The van der Waals surface area contributed by atoms with Crippen LogP contribution in [-0.4, -0.2) is 26.7 Å². The van der Waals surface area contributed by atoms with Crippen LogP contribution in [0, 0.1) is 6.92 Å². The maximum absolute atomic E-state index is 6.11. The molecule has 30 heavy (non-hydrogen) atoms. The van der Waals surface area contributed by atoms with E-state index in [9.17, 15) is 0 Å². The minimum Gasteiger partial charge on any atom is -0.497 e. The molecule has 0 bridgehead atoms. The van der Waals surface area contributed by atoms with Gasteiger partial charge in [-0.05, 0) is 53.9 Å². The van der Waals surface area contributed by atoms with Crippen LogP contribution in [0.25, 0.3) is 27.7 Å². The molecule has 0 aliphatic carbocycles. The maximum Gasteiger partial charge on any atom is 0.175 e. The summed E-state index contributed by atoms with van der Waals surface area (Å²) in [5.74, 6) is 2.24. The summed E-state index contributed by atoms with van der Waals surface area (Å²) in [5.41, 5.74) is 5.13. The number of benzene rings is 2. The van der Waals surface area contributed by atoms with Crippen LogP contribution in [0.4, 0.5) is 0 Å². The zero-order chi connectivity index (χ0) is 20.5. The van der Waals surface area contributed by atoms with Crippen molar-refractivity contribution in [3.8, 4) is 22.6 Å². The van der Waals surface area contributed by atoms with Crippen LogP contribution < -0.4 is 9.47 Å². The van der Waals surface area contributed by atoms with Gasteiger partial charge in [0.1, 0.15) is 18.1 Å². The second-order valence-electron chi connectivity index (χ2n) is 7.06. The Hall–Kier alpha value is -3.93. The molecule has 0 N–H and O–H groups in total. The van der Waals surface area contributed by atoms with Crippen LogP contribution in [0.5, 0.6) is 11.5 Å². The highest BCUT2D eigenvalue weighted by Crippen LogP contribution is 2.28. The zero-order valence-corrected chi connectivity index (χ0v) is 16.7. The first kappa shape index (κ1) is 18.1. The van der Waals surface area contributed by atoms with Crippen LogP contribution in [0.3, 0.4) is 0 Å². The molecule has 2 aromatic carbocycles. The maximum atomic E-state index is 6.11. The molecule has 0 fully saturated rings. The van der Waals surface area contributed by atoms with E-state index in [1.54, 1.807) is 13.3 Å². The number of pyridine rings is 2. The lowest BCUT2D eigenvalue weighted by Crippen LogP contribution is -2.02. The second kappa shape index (κ2) is 7.48. The standard InChI is InChI=1S/C24H20N4O2/c1-16-5-3-4-6-19(16)17-7-10-23-26-27-24(28(23)14-17)15-30-22-11-12-25-21-13-18(29-2)8-9-20(21)22/h3-14H,15H2,1-2H3. The third kappa shape index (κ3) is 3.22. The summed E-state index contributed by atoms with van der Waals surface area (Å²) in [5, 5.41) is 9.53. The lowest BCUT2D eigenvalue weighted by Gasteiger charge is -2.10. The first-order valence-electron chi connectivity index (χ1n) is 9.68. The first-order valence-corrected chi connectivity index (χ1v) is 9.68. The van der Waals surface area contributed by atoms with E-state index < -0.39 is 0 Å². The molecule has 0 atom stereocenters. The van der Waals surface area contributed by atoms with Crippen molar-refractivity contribution in [1.29, 1.82) is 0 Å². The molecule has 0 aliphatic heterocycles. The third-order valence-electron chi connectivity index (χ3n) is 5.20. The van der Waals surface area contributed by atoms with Crippen molar-refractivity contribution in [1.82, 2.24) is 19.6 Å². The van der Waals surface area contributed by atoms with Crippen molar-refractivity contribution >= 4 is 16.6 Å². The van der Waals surface area contributed by atoms with Crippen molar-refractivity contribution in [2.24, 2.45) is 0 Å². The Morgan fingerprint density at radius 3 is 2.73 bits per heavy atom. The summed E-state index contributed by atoms with van der Waals surface area (Å²) in [6, 6.07) is 20.0. The number of fused-ring (bicyclic) bond motifs is 2. The summed E-state index contributed by atoms with van der Waals surface area (Å²) >= 11 is 0. The van der Waals surface area contributed by atoms with Crippen molar-refractivity contribution in [2.75, 3.05) is 7.11 Å². The van der Waals surface area contributed by atoms with Crippen LogP contribution >= 0.6 is 0 Å². The average molecular weight is 396 g/mol. The largest absolute Gasteiger partial charge is 0.497 e. The molecular weight excluding hydrogens is 376 g/mol. The quantitative estimate of drug-likeness (QED) is 0.425. The fourth-order valence-electron chi connectivity index (χ4n) is 3.59. The van der Waals surface area contributed by atoms with Crippen molar-refractivity contribution in [2.45, 2.75) is 13.5 Å². The lowest BCUT2D eigenvalue weighted by molar-refractivity contribution is 0.298. The Morgan fingerprint density at radius 1 is 0.967 bits per heavy atom. The molecule has 0 amide bonds. The number of aromatic nitrogens is 4. The Kier molecular flexibility index (Phi) is 4.52. The molecule has 0 unspecified atom stereocenters. The molecule has 5 aromatic rings. The predicted molar refractivity (Wildman–Crippen MR) is 116 cm³/mol. The number of ether oxygens (including phenoxy) is 2. The predicted octanol–water partition coefficient (Wildman–Crippen LogP) is 4.84. The molecule has 0 aliphatic rings. The Labute approximate surface area is 173 Å². The van der Waals surface area contributed by atoms with E-state index in [2.05, 4.69) is 46.5 Å². The minimum atomic E-state index is 0.295. The van der Waals surface area contributed by atoms with Gasteiger partial charge in [-0.1, -0.05) is 24.3 Å². The highest BCUT2D eigenvalue weighted by atomic mass is 16.5. The average Bonchev–Trinajstić information content (AvgIpc) is 3.19. The van der Waals surface area contributed by atoms with Crippen molar-refractivity contribution in [3.63, 3.8) is 0 Å². The van der Waals surface area contributed by atoms with E-state index >= 15 is 0 Å². The van der Waals surface area contributed by atoms with E-state index in [1.807, 2.05) is 46.9 Å². The molecule has 6 heteroatoms. The molecule has 0 radical (unpaired) electrons. The first-order chi connectivity index (χ1) is 14.7. The molecule has 148 valence electrons. The number of rotatable bonds is 5. The lowest BCUT2D eigenvalue weighted by atomic mass is 10.0. The minimum absolute atomic E-state index is 0.295. The highest BCUT2D eigenvalue weighted by molar-refractivity contribution is 5.85. The van der Waals surface area contributed by atoms with Crippen LogP contribution in [0.15, 0.2) is 73.1 Å². The fourth-order valence-corrected chi connectivity index (χ4v) is 3.59. The summed E-state index contributed by atoms with van der Waals surface area (Å²) in [7, 11) is 1.64. The molecule has 3 heterocycles. The Balaban J connectivity index is 1.47. The molecule has 5 rings (SSSR count). The van der Waals surface area contributed by atoms with E-state index in [0.29, 0.717) is 6.61 Å². The van der Waals surface area contributed by atoms with Gasteiger partial charge in [0, 0.05) is 23.8 Å². The SMILES string of the molecule is COc1ccc2c(OCc3nnc4ccc(-c5ccccc5C)cn34)ccnc2c1. The van der Waals surface area contributed by atoms with Crippen molar-refractivity contribution in [3.05, 3.63) is 84.4 Å². The van der Waals surface area contributed by atoms with Gasteiger partial charge in [-0.15, -0.1) is 10.2 Å². The molecule has 3 aromatic heterocycles. The third-order valence-corrected chi connectivity index (χ3v) is 5.20. The van der Waals surface area contributed by atoms with Crippen LogP contribution in [0.2, 0.25) is 0 Å². The van der Waals surface area contributed by atoms with Gasteiger partial charge in [-0.25, -0.2) is 0 Å². The molecule has 0 saturated heterocycles. The Bertz CT molecular complexity index is 1360.